The molecule has 0 fully saturated rings. The Hall–Kier alpha value is -2.45. The largest absolute Gasteiger partial charge is 0.394 e. The molecule has 0 aliphatic rings. The van der Waals surface area contributed by atoms with Crippen LogP contribution in [-0.4, -0.2) is 49.3 Å². The minimum Gasteiger partial charge on any atom is -0.394 e. The highest BCUT2D eigenvalue weighted by atomic mass is 16.3. The van der Waals surface area contributed by atoms with Crippen LogP contribution >= 0.6 is 0 Å². The van der Waals surface area contributed by atoms with Crippen molar-refractivity contribution in [1.29, 1.82) is 0 Å². The van der Waals surface area contributed by atoms with Crippen molar-refractivity contribution in [2.45, 2.75) is 0 Å². The van der Waals surface area contributed by atoms with E-state index >= 15 is 0 Å². The van der Waals surface area contributed by atoms with Crippen molar-refractivity contribution in [3.8, 4) is 0 Å². The second kappa shape index (κ2) is 17.9. The average Bonchev–Trinajstić information content (AvgIpc) is 3.15. The van der Waals surface area contributed by atoms with Gasteiger partial charge in [-0.05, 0) is 6.08 Å². The number of aliphatic hydroxyl groups excluding tert-OH is 2. The summed E-state index contributed by atoms with van der Waals surface area (Å²) in [6.07, 6.45) is 11.2. The molecule has 0 bridgehead atoms. The average molecular weight is 269 g/mol. The van der Waals surface area contributed by atoms with Crippen molar-refractivity contribution >= 4 is 5.91 Å². The summed E-state index contributed by atoms with van der Waals surface area (Å²) in [6, 6.07) is 0. The SMILES string of the molecule is C=CC(N)=O.OCCO.c1c[nH]cn1.c1c[nH]cn1. The minimum absolute atomic E-state index is 0.125. The summed E-state index contributed by atoms with van der Waals surface area (Å²) in [5.41, 5.74) is 4.53. The zero-order valence-electron chi connectivity index (χ0n) is 10.4. The molecule has 0 radical (unpaired) electrons. The van der Waals surface area contributed by atoms with Crippen LogP contribution in [-0.2, 0) is 4.79 Å². The lowest BCUT2D eigenvalue weighted by Gasteiger charge is -1.70. The number of rotatable bonds is 2. The Kier molecular flexibility index (Phi) is 17.8. The van der Waals surface area contributed by atoms with Gasteiger partial charge in [0.1, 0.15) is 0 Å². The van der Waals surface area contributed by atoms with Gasteiger partial charge in [0.25, 0.3) is 0 Å². The molecule has 0 saturated heterocycles. The maximum atomic E-state index is 9.47. The molecule has 0 atom stereocenters. The van der Waals surface area contributed by atoms with Crippen molar-refractivity contribution in [1.82, 2.24) is 19.9 Å². The highest BCUT2D eigenvalue weighted by Gasteiger charge is 1.69. The van der Waals surface area contributed by atoms with E-state index in [-0.39, 0.29) is 13.2 Å². The van der Waals surface area contributed by atoms with Gasteiger partial charge in [0.15, 0.2) is 0 Å². The van der Waals surface area contributed by atoms with Crippen LogP contribution in [0.15, 0.2) is 50.1 Å². The lowest BCUT2D eigenvalue weighted by molar-refractivity contribution is -0.113. The maximum absolute atomic E-state index is 9.47. The number of primary amides is 1. The molecule has 0 saturated carbocycles. The van der Waals surface area contributed by atoms with Crippen LogP contribution in [0.1, 0.15) is 0 Å². The van der Waals surface area contributed by atoms with E-state index in [9.17, 15) is 4.79 Å². The van der Waals surface area contributed by atoms with E-state index in [0.29, 0.717) is 0 Å². The lowest BCUT2D eigenvalue weighted by Crippen LogP contribution is -2.04. The zero-order valence-corrected chi connectivity index (χ0v) is 10.4. The molecule has 0 aliphatic heterocycles. The van der Waals surface area contributed by atoms with E-state index in [4.69, 9.17) is 10.2 Å². The fourth-order valence-corrected chi connectivity index (χ4v) is 0.430. The van der Waals surface area contributed by atoms with Crippen LogP contribution in [0, 0.1) is 0 Å². The quantitative estimate of drug-likeness (QED) is 0.465. The number of hydrogen-bond donors (Lipinski definition) is 5. The Bertz CT molecular complexity index is 299. The molecule has 2 rings (SSSR count). The number of amides is 1. The molecule has 8 nitrogen and oxygen atoms in total. The van der Waals surface area contributed by atoms with Crippen LogP contribution in [0.25, 0.3) is 0 Å². The number of aromatic amines is 2. The topological polar surface area (TPSA) is 141 Å². The maximum Gasteiger partial charge on any atom is 0.240 e. The van der Waals surface area contributed by atoms with Crippen LogP contribution < -0.4 is 5.73 Å². The first kappa shape index (κ1) is 18.9. The van der Waals surface area contributed by atoms with Crippen LogP contribution in [0.3, 0.4) is 0 Å². The number of nitrogens with one attached hydrogen (secondary N) is 2. The van der Waals surface area contributed by atoms with Crippen molar-refractivity contribution in [2.75, 3.05) is 13.2 Å². The predicted molar refractivity (Wildman–Crippen MR) is 70.7 cm³/mol. The van der Waals surface area contributed by atoms with Gasteiger partial charge in [-0.1, -0.05) is 6.58 Å². The van der Waals surface area contributed by atoms with Crippen molar-refractivity contribution in [3.63, 3.8) is 0 Å². The number of nitrogens with zero attached hydrogens (tertiary/aromatic N) is 2. The first-order valence-electron chi connectivity index (χ1n) is 5.18. The van der Waals surface area contributed by atoms with E-state index in [2.05, 4.69) is 32.2 Å². The molecule has 106 valence electrons. The molecule has 19 heavy (non-hydrogen) atoms. The van der Waals surface area contributed by atoms with Crippen molar-refractivity contribution < 1.29 is 15.0 Å². The second-order valence-corrected chi connectivity index (χ2v) is 2.57. The van der Waals surface area contributed by atoms with E-state index in [1.165, 1.54) is 0 Å². The molecule has 0 unspecified atom stereocenters. The summed E-state index contributed by atoms with van der Waals surface area (Å²) in [5.74, 6) is -0.481. The molecule has 0 aromatic carbocycles. The van der Waals surface area contributed by atoms with Gasteiger partial charge < -0.3 is 25.9 Å². The summed E-state index contributed by atoms with van der Waals surface area (Å²) in [6.45, 7) is 2.84. The molecule has 8 heteroatoms. The zero-order chi connectivity index (χ0) is 14.8. The third-order valence-electron chi connectivity index (χ3n) is 1.11. The van der Waals surface area contributed by atoms with Gasteiger partial charge in [0.05, 0.1) is 25.9 Å². The Morgan fingerprint density at radius 2 is 1.53 bits per heavy atom. The highest BCUT2D eigenvalue weighted by Crippen LogP contribution is 1.63. The molecule has 0 aliphatic carbocycles. The summed E-state index contributed by atoms with van der Waals surface area (Å²) in [5, 5.41) is 15.2. The normalized spacial score (nSPS) is 7.47. The number of aliphatic hydroxyl groups is 2. The molecule has 2 aromatic heterocycles. The van der Waals surface area contributed by atoms with Gasteiger partial charge in [-0.25, -0.2) is 9.97 Å². The van der Waals surface area contributed by atoms with Gasteiger partial charge in [0, 0.05) is 24.8 Å². The van der Waals surface area contributed by atoms with E-state index in [0.717, 1.165) is 6.08 Å². The number of aromatic nitrogens is 4. The van der Waals surface area contributed by atoms with Gasteiger partial charge >= 0.3 is 0 Å². The monoisotopic (exact) mass is 269 g/mol. The molecule has 2 heterocycles. The number of carbonyl (C=O) groups is 1. The number of nitrogens with two attached hydrogens (primary N) is 1. The smallest absolute Gasteiger partial charge is 0.240 e. The number of hydrogen-bond acceptors (Lipinski definition) is 5. The lowest BCUT2D eigenvalue weighted by atomic mass is 10.6. The first-order valence-corrected chi connectivity index (χ1v) is 5.18. The molecular weight excluding hydrogens is 250 g/mol. The van der Waals surface area contributed by atoms with Gasteiger partial charge in [-0.3, -0.25) is 4.79 Å². The van der Waals surface area contributed by atoms with Gasteiger partial charge in [-0.15, -0.1) is 0 Å². The third kappa shape index (κ3) is 25.7. The number of H-pyrrole nitrogens is 2. The highest BCUT2D eigenvalue weighted by molar-refractivity contribution is 5.84. The second-order valence-electron chi connectivity index (χ2n) is 2.57. The minimum atomic E-state index is -0.481. The molecule has 6 N–H and O–H groups in total. The predicted octanol–water partition coefficient (Wildman–Crippen LogP) is -0.552. The number of imidazole rings is 2. The first-order chi connectivity index (χ1) is 9.18. The molecule has 2 aromatic rings. The summed E-state index contributed by atoms with van der Waals surface area (Å²) in [7, 11) is 0. The van der Waals surface area contributed by atoms with Gasteiger partial charge in [-0.2, -0.15) is 0 Å². The summed E-state index contributed by atoms with van der Waals surface area (Å²) in [4.78, 5) is 22.3. The fraction of sp³-hybridized carbons (Fsp3) is 0.182. The van der Waals surface area contributed by atoms with Crippen LogP contribution in [0.2, 0.25) is 0 Å². The summed E-state index contributed by atoms with van der Waals surface area (Å²) < 4.78 is 0. The van der Waals surface area contributed by atoms with Crippen LogP contribution in [0.4, 0.5) is 0 Å². The van der Waals surface area contributed by atoms with E-state index in [1.807, 2.05) is 0 Å². The fourth-order valence-electron chi connectivity index (χ4n) is 0.430. The van der Waals surface area contributed by atoms with E-state index < -0.39 is 5.91 Å². The Balaban J connectivity index is 0. The Morgan fingerprint density at radius 3 is 1.58 bits per heavy atom. The molecule has 1 amide bonds. The van der Waals surface area contributed by atoms with Crippen LogP contribution in [0.5, 0.6) is 0 Å². The number of carbonyl (C=O) groups excluding carboxylic acids is 1. The van der Waals surface area contributed by atoms with Crippen molar-refractivity contribution in [3.05, 3.63) is 50.1 Å². The van der Waals surface area contributed by atoms with Crippen molar-refractivity contribution in [2.24, 2.45) is 5.73 Å². The molecule has 0 spiro atoms. The Labute approximate surface area is 111 Å². The third-order valence-corrected chi connectivity index (χ3v) is 1.11. The Morgan fingerprint density at radius 1 is 1.16 bits per heavy atom. The standard InChI is InChI=1S/2C3H4N2.C3H5NO.C2H6O2/c2*1-2-5-3-4-1;1-2-3(4)5;3-1-2-4/h2*1-3H,(H,4,5);2H,1H2,(H2,4,5);3-4H,1-2H2. The van der Waals surface area contributed by atoms with E-state index in [1.54, 1.807) is 37.4 Å². The summed E-state index contributed by atoms with van der Waals surface area (Å²) >= 11 is 0. The molecular formula is C11H19N5O3. The van der Waals surface area contributed by atoms with Gasteiger partial charge in [0.2, 0.25) is 5.91 Å².